The maximum atomic E-state index is 5.62. The van der Waals surface area contributed by atoms with Gasteiger partial charge in [0.25, 0.3) is 0 Å². The molecule has 0 aromatic heterocycles. The lowest BCUT2D eigenvalue weighted by molar-refractivity contribution is 0.262. The topological polar surface area (TPSA) is 29.3 Å². The van der Waals surface area contributed by atoms with Gasteiger partial charge in [-0.05, 0) is 31.8 Å². The Morgan fingerprint density at radius 3 is 3.00 bits per heavy atom. The van der Waals surface area contributed by atoms with Crippen molar-refractivity contribution < 1.29 is 0 Å². The van der Waals surface area contributed by atoms with Gasteiger partial charge in [-0.25, -0.2) is 0 Å². The van der Waals surface area contributed by atoms with Gasteiger partial charge in [0.05, 0.1) is 0 Å². The van der Waals surface area contributed by atoms with E-state index in [9.17, 15) is 0 Å². The number of nitrogens with two attached hydrogens (primary N) is 1. The molecule has 2 unspecified atom stereocenters. The lowest BCUT2D eigenvalue weighted by Gasteiger charge is -2.32. The number of nitrogens with zero attached hydrogens (tertiary/aromatic N) is 1. The van der Waals surface area contributed by atoms with Crippen LogP contribution in [-0.2, 0) is 0 Å². The van der Waals surface area contributed by atoms with Gasteiger partial charge in [-0.2, -0.15) is 11.8 Å². The second-order valence-electron chi connectivity index (χ2n) is 4.33. The summed E-state index contributed by atoms with van der Waals surface area (Å²) in [5.41, 5.74) is 5.62. The molecule has 1 heterocycles. The van der Waals surface area contributed by atoms with Crippen LogP contribution in [0.5, 0.6) is 0 Å². The van der Waals surface area contributed by atoms with E-state index in [1.54, 1.807) is 0 Å². The van der Waals surface area contributed by atoms with Crippen LogP contribution in [0.25, 0.3) is 0 Å². The highest BCUT2D eigenvalue weighted by atomic mass is 32.2. The molecule has 1 fully saturated rings. The number of rotatable bonds is 5. The van der Waals surface area contributed by atoms with Gasteiger partial charge in [0.15, 0.2) is 0 Å². The van der Waals surface area contributed by atoms with E-state index >= 15 is 0 Å². The Hall–Kier alpha value is 0.270. The van der Waals surface area contributed by atoms with Gasteiger partial charge in [-0.15, -0.1) is 0 Å². The van der Waals surface area contributed by atoms with E-state index in [0.717, 1.165) is 11.8 Å². The normalized spacial score (nSPS) is 26.4. The average Bonchev–Trinajstić information content (AvgIpc) is 2.26. The number of thioether (sulfide) groups is 1. The Balaban J connectivity index is 2.17. The molecule has 2 nitrogen and oxygen atoms in total. The molecule has 0 aliphatic carbocycles. The molecule has 0 radical (unpaired) electrons. The van der Waals surface area contributed by atoms with Crippen molar-refractivity contribution in [1.82, 2.24) is 4.90 Å². The van der Waals surface area contributed by atoms with E-state index in [1.165, 1.54) is 38.2 Å². The standard InChI is InChI=1S/C11H24N2S/c1-3-11-9-13(6-7-14-11)5-4-10(2)8-12/h10-11H,3-9,12H2,1-2H3. The van der Waals surface area contributed by atoms with E-state index in [4.69, 9.17) is 5.73 Å². The van der Waals surface area contributed by atoms with Crippen molar-refractivity contribution in [2.75, 3.05) is 31.9 Å². The van der Waals surface area contributed by atoms with Crippen LogP contribution >= 0.6 is 11.8 Å². The predicted molar refractivity (Wildman–Crippen MR) is 65.8 cm³/mol. The van der Waals surface area contributed by atoms with Gasteiger partial charge in [0, 0.05) is 24.1 Å². The zero-order valence-corrected chi connectivity index (χ0v) is 10.4. The molecule has 1 aliphatic heterocycles. The second-order valence-corrected chi connectivity index (χ2v) is 5.74. The molecule has 0 saturated carbocycles. The minimum absolute atomic E-state index is 0.685. The second kappa shape index (κ2) is 6.70. The highest BCUT2D eigenvalue weighted by Gasteiger charge is 2.18. The summed E-state index contributed by atoms with van der Waals surface area (Å²) >= 11 is 2.14. The molecule has 1 saturated heterocycles. The zero-order chi connectivity index (χ0) is 10.4. The van der Waals surface area contributed by atoms with Crippen LogP contribution in [0.4, 0.5) is 0 Å². The van der Waals surface area contributed by atoms with Gasteiger partial charge in [0.1, 0.15) is 0 Å². The van der Waals surface area contributed by atoms with Crippen LogP contribution in [0.1, 0.15) is 26.7 Å². The summed E-state index contributed by atoms with van der Waals surface area (Å²) in [6.45, 7) is 9.19. The van der Waals surface area contributed by atoms with E-state index < -0.39 is 0 Å². The maximum Gasteiger partial charge on any atom is 0.0172 e. The summed E-state index contributed by atoms with van der Waals surface area (Å²) in [6, 6.07) is 0. The average molecular weight is 216 g/mol. The first-order chi connectivity index (χ1) is 6.76. The number of hydrogen-bond acceptors (Lipinski definition) is 3. The van der Waals surface area contributed by atoms with Gasteiger partial charge < -0.3 is 10.6 Å². The SMILES string of the molecule is CCC1CN(CCC(C)CN)CCS1. The summed E-state index contributed by atoms with van der Waals surface area (Å²) in [7, 11) is 0. The van der Waals surface area contributed by atoms with Crippen LogP contribution in [0, 0.1) is 5.92 Å². The van der Waals surface area contributed by atoms with Gasteiger partial charge in [-0.3, -0.25) is 0 Å². The fourth-order valence-corrected chi connectivity index (χ4v) is 3.00. The monoisotopic (exact) mass is 216 g/mol. The Morgan fingerprint density at radius 2 is 2.36 bits per heavy atom. The van der Waals surface area contributed by atoms with E-state index in [2.05, 4.69) is 30.5 Å². The largest absolute Gasteiger partial charge is 0.330 e. The highest BCUT2D eigenvalue weighted by Crippen LogP contribution is 2.21. The summed E-state index contributed by atoms with van der Waals surface area (Å²) < 4.78 is 0. The Kier molecular flexibility index (Phi) is 5.90. The third-order valence-electron chi connectivity index (χ3n) is 3.02. The molecule has 84 valence electrons. The molecule has 0 amide bonds. The Labute approximate surface area is 92.6 Å². The zero-order valence-electron chi connectivity index (χ0n) is 9.54. The van der Waals surface area contributed by atoms with Crippen molar-refractivity contribution in [3.05, 3.63) is 0 Å². The fraction of sp³-hybridized carbons (Fsp3) is 1.00. The van der Waals surface area contributed by atoms with Crippen molar-refractivity contribution in [2.24, 2.45) is 11.7 Å². The van der Waals surface area contributed by atoms with Crippen molar-refractivity contribution >= 4 is 11.8 Å². The molecule has 2 atom stereocenters. The van der Waals surface area contributed by atoms with Crippen LogP contribution in [-0.4, -0.2) is 42.1 Å². The lowest BCUT2D eigenvalue weighted by atomic mass is 10.1. The molecule has 0 bridgehead atoms. The molecule has 0 aromatic carbocycles. The minimum Gasteiger partial charge on any atom is -0.330 e. The van der Waals surface area contributed by atoms with Crippen LogP contribution in [0.15, 0.2) is 0 Å². The van der Waals surface area contributed by atoms with E-state index in [1.807, 2.05) is 0 Å². The van der Waals surface area contributed by atoms with Crippen molar-refractivity contribution in [1.29, 1.82) is 0 Å². The Morgan fingerprint density at radius 1 is 1.57 bits per heavy atom. The quantitative estimate of drug-likeness (QED) is 0.760. The number of hydrogen-bond donors (Lipinski definition) is 1. The fourth-order valence-electron chi connectivity index (χ4n) is 1.75. The summed E-state index contributed by atoms with van der Waals surface area (Å²) in [5.74, 6) is 2.00. The lowest BCUT2D eigenvalue weighted by Crippen LogP contribution is -2.38. The van der Waals surface area contributed by atoms with Crippen molar-refractivity contribution in [2.45, 2.75) is 31.9 Å². The van der Waals surface area contributed by atoms with E-state index in [-0.39, 0.29) is 0 Å². The van der Waals surface area contributed by atoms with Gasteiger partial charge in [0.2, 0.25) is 0 Å². The van der Waals surface area contributed by atoms with Gasteiger partial charge >= 0.3 is 0 Å². The molecular formula is C11H24N2S. The van der Waals surface area contributed by atoms with Gasteiger partial charge in [-0.1, -0.05) is 13.8 Å². The third-order valence-corrected chi connectivity index (χ3v) is 4.39. The molecule has 0 spiro atoms. The molecule has 2 N–H and O–H groups in total. The minimum atomic E-state index is 0.685. The van der Waals surface area contributed by atoms with Crippen molar-refractivity contribution in [3.63, 3.8) is 0 Å². The first-order valence-corrected chi connectivity index (χ1v) is 6.85. The first-order valence-electron chi connectivity index (χ1n) is 5.80. The maximum absolute atomic E-state index is 5.62. The molecular weight excluding hydrogens is 192 g/mol. The smallest absolute Gasteiger partial charge is 0.0172 e. The summed E-state index contributed by atoms with van der Waals surface area (Å²) in [4.78, 5) is 2.61. The molecule has 14 heavy (non-hydrogen) atoms. The Bertz CT molecular complexity index is 152. The highest BCUT2D eigenvalue weighted by molar-refractivity contribution is 8.00. The molecule has 1 rings (SSSR count). The van der Waals surface area contributed by atoms with Crippen LogP contribution in [0.2, 0.25) is 0 Å². The molecule has 3 heteroatoms. The molecule has 0 aromatic rings. The third kappa shape index (κ3) is 4.20. The molecule has 1 aliphatic rings. The summed E-state index contributed by atoms with van der Waals surface area (Å²) in [6.07, 6.45) is 2.57. The van der Waals surface area contributed by atoms with Crippen molar-refractivity contribution in [3.8, 4) is 0 Å². The predicted octanol–water partition coefficient (Wildman–Crippen LogP) is 1.80. The first kappa shape index (κ1) is 12.3. The van der Waals surface area contributed by atoms with Crippen LogP contribution in [0.3, 0.4) is 0 Å². The van der Waals surface area contributed by atoms with E-state index in [0.29, 0.717) is 5.92 Å². The van der Waals surface area contributed by atoms with Crippen LogP contribution < -0.4 is 5.73 Å². The summed E-state index contributed by atoms with van der Waals surface area (Å²) in [5, 5.41) is 0.872.